The summed E-state index contributed by atoms with van der Waals surface area (Å²) in [5, 5.41) is 0.0381. The van der Waals surface area contributed by atoms with E-state index in [0.29, 0.717) is 36.8 Å². The highest BCUT2D eigenvalue weighted by molar-refractivity contribution is 5.78. The van der Waals surface area contributed by atoms with E-state index in [0.717, 1.165) is 22.8 Å². The third kappa shape index (κ3) is 3.03. The average molecular weight is 333 g/mol. The van der Waals surface area contributed by atoms with E-state index in [1.807, 2.05) is 0 Å². The SMILES string of the molecule is NCCCc1nc2ccc(F)cc2c(=O)n1-c1cc(F)cc(F)c1. The molecule has 2 N–H and O–H groups in total. The molecule has 0 aliphatic rings. The van der Waals surface area contributed by atoms with Gasteiger partial charge in [-0.2, -0.15) is 0 Å². The Balaban J connectivity index is 2.33. The van der Waals surface area contributed by atoms with Gasteiger partial charge in [-0.3, -0.25) is 9.36 Å². The molecule has 0 saturated carbocycles. The summed E-state index contributed by atoms with van der Waals surface area (Å²) in [6.45, 7) is 0.370. The molecule has 0 radical (unpaired) electrons. The minimum atomic E-state index is -0.819. The van der Waals surface area contributed by atoms with Gasteiger partial charge in [-0.25, -0.2) is 18.2 Å². The van der Waals surface area contributed by atoms with Gasteiger partial charge >= 0.3 is 0 Å². The molecular formula is C17H14F3N3O. The van der Waals surface area contributed by atoms with Crippen LogP contribution in [0.5, 0.6) is 0 Å². The first-order chi connectivity index (χ1) is 11.5. The lowest BCUT2D eigenvalue weighted by atomic mass is 10.2. The van der Waals surface area contributed by atoms with Crippen LogP contribution in [0.25, 0.3) is 16.6 Å². The first kappa shape index (κ1) is 16.2. The zero-order chi connectivity index (χ0) is 17.3. The van der Waals surface area contributed by atoms with Crippen molar-refractivity contribution < 1.29 is 13.2 Å². The third-order valence-electron chi connectivity index (χ3n) is 3.61. The summed E-state index contributed by atoms with van der Waals surface area (Å²) in [6, 6.07) is 6.43. The molecule has 4 nitrogen and oxygen atoms in total. The number of nitrogens with zero attached hydrogens (tertiary/aromatic N) is 2. The van der Waals surface area contributed by atoms with Crippen molar-refractivity contribution in [3.8, 4) is 5.69 Å². The molecular weight excluding hydrogens is 319 g/mol. The van der Waals surface area contributed by atoms with Crippen LogP contribution in [0.4, 0.5) is 13.2 Å². The van der Waals surface area contributed by atoms with Crippen LogP contribution in [-0.2, 0) is 6.42 Å². The van der Waals surface area contributed by atoms with Gasteiger partial charge in [0, 0.05) is 12.5 Å². The minimum absolute atomic E-state index is 0.00295. The van der Waals surface area contributed by atoms with Gasteiger partial charge in [0.1, 0.15) is 23.3 Å². The van der Waals surface area contributed by atoms with Gasteiger partial charge in [0.15, 0.2) is 0 Å². The molecule has 0 aliphatic heterocycles. The Morgan fingerprint density at radius 3 is 2.38 bits per heavy atom. The van der Waals surface area contributed by atoms with E-state index in [1.54, 1.807) is 0 Å². The molecule has 0 unspecified atom stereocenters. The molecule has 1 heterocycles. The number of aryl methyl sites for hydroxylation is 1. The van der Waals surface area contributed by atoms with Gasteiger partial charge in [-0.05, 0) is 43.3 Å². The van der Waals surface area contributed by atoms with Crippen LogP contribution >= 0.6 is 0 Å². The minimum Gasteiger partial charge on any atom is -0.330 e. The Morgan fingerprint density at radius 2 is 1.71 bits per heavy atom. The number of halogens is 3. The standard InChI is InChI=1S/C17H14F3N3O/c18-10-3-4-15-14(9-10)17(24)23(16(22-15)2-1-5-21)13-7-11(19)6-12(20)8-13/h3-4,6-9H,1-2,5,21H2. The van der Waals surface area contributed by atoms with Crippen LogP contribution in [0, 0.1) is 17.5 Å². The summed E-state index contributed by atoms with van der Waals surface area (Å²) in [4.78, 5) is 17.1. The predicted octanol–water partition coefficient (Wildman–Crippen LogP) is 2.69. The van der Waals surface area contributed by atoms with E-state index >= 15 is 0 Å². The fourth-order valence-corrected chi connectivity index (χ4v) is 2.57. The molecule has 0 atom stereocenters. The van der Waals surface area contributed by atoms with Crippen molar-refractivity contribution in [2.75, 3.05) is 6.54 Å². The number of hydrogen-bond acceptors (Lipinski definition) is 3. The Labute approximate surface area is 135 Å². The van der Waals surface area contributed by atoms with Gasteiger partial charge in [0.2, 0.25) is 0 Å². The lowest BCUT2D eigenvalue weighted by Crippen LogP contribution is -2.25. The van der Waals surface area contributed by atoms with Crippen molar-refractivity contribution in [3.63, 3.8) is 0 Å². The molecule has 1 aromatic heterocycles. The van der Waals surface area contributed by atoms with Gasteiger partial charge in [-0.1, -0.05) is 0 Å². The summed E-state index contributed by atoms with van der Waals surface area (Å²) < 4.78 is 41.7. The molecule has 3 aromatic rings. The van der Waals surface area contributed by atoms with Crippen molar-refractivity contribution in [2.24, 2.45) is 5.73 Å². The Hall–Kier alpha value is -2.67. The van der Waals surface area contributed by atoms with Crippen molar-refractivity contribution in [3.05, 3.63) is 70.0 Å². The van der Waals surface area contributed by atoms with Crippen LogP contribution in [0.15, 0.2) is 41.2 Å². The quantitative estimate of drug-likeness (QED) is 0.798. The van der Waals surface area contributed by atoms with Crippen LogP contribution in [-0.4, -0.2) is 16.1 Å². The van der Waals surface area contributed by atoms with Crippen molar-refractivity contribution in [2.45, 2.75) is 12.8 Å². The summed E-state index contributed by atoms with van der Waals surface area (Å²) in [7, 11) is 0. The maximum Gasteiger partial charge on any atom is 0.266 e. The second-order valence-corrected chi connectivity index (χ2v) is 5.35. The number of hydrogen-bond donors (Lipinski definition) is 1. The molecule has 0 amide bonds. The normalized spacial score (nSPS) is 11.2. The van der Waals surface area contributed by atoms with Crippen molar-refractivity contribution in [1.82, 2.24) is 9.55 Å². The molecule has 0 fully saturated rings. The second kappa shape index (κ2) is 6.45. The number of nitrogens with two attached hydrogens (primary N) is 1. The zero-order valence-electron chi connectivity index (χ0n) is 12.6. The third-order valence-corrected chi connectivity index (χ3v) is 3.61. The summed E-state index contributed by atoms with van der Waals surface area (Å²) in [5.41, 5.74) is 5.24. The predicted molar refractivity (Wildman–Crippen MR) is 84.6 cm³/mol. The Kier molecular flexibility index (Phi) is 4.35. The fraction of sp³-hybridized carbons (Fsp3) is 0.176. The van der Waals surface area contributed by atoms with Crippen LogP contribution in [0.3, 0.4) is 0 Å². The zero-order valence-corrected chi connectivity index (χ0v) is 12.6. The number of benzene rings is 2. The van der Waals surface area contributed by atoms with E-state index in [1.165, 1.54) is 12.1 Å². The molecule has 0 aliphatic carbocycles. The molecule has 2 aromatic carbocycles. The van der Waals surface area contributed by atoms with E-state index < -0.39 is 23.0 Å². The maximum atomic E-state index is 13.6. The van der Waals surface area contributed by atoms with E-state index in [9.17, 15) is 18.0 Å². The van der Waals surface area contributed by atoms with Gasteiger partial charge in [-0.15, -0.1) is 0 Å². The molecule has 124 valence electrons. The summed E-state index contributed by atoms with van der Waals surface area (Å²) in [5.74, 6) is -1.91. The molecule has 24 heavy (non-hydrogen) atoms. The monoisotopic (exact) mass is 333 g/mol. The topological polar surface area (TPSA) is 60.9 Å². The van der Waals surface area contributed by atoms with Crippen LogP contribution in [0.1, 0.15) is 12.2 Å². The Bertz CT molecular complexity index is 949. The van der Waals surface area contributed by atoms with Crippen molar-refractivity contribution in [1.29, 1.82) is 0 Å². The highest BCUT2D eigenvalue weighted by Crippen LogP contribution is 2.17. The largest absolute Gasteiger partial charge is 0.330 e. The highest BCUT2D eigenvalue weighted by Gasteiger charge is 2.14. The lowest BCUT2D eigenvalue weighted by Gasteiger charge is -2.14. The fourth-order valence-electron chi connectivity index (χ4n) is 2.57. The molecule has 7 heteroatoms. The highest BCUT2D eigenvalue weighted by atomic mass is 19.1. The first-order valence-electron chi connectivity index (χ1n) is 7.37. The molecule has 0 spiro atoms. The number of rotatable bonds is 4. The number of aromatic nitrogens is 2. The smallest absolute Gasteiger partial charge is 0.266 e. The molecule has 0 saturated heterocycles. The second-order valence-electron chi connectivity index (χ2n) is 5.35. The lowest BCUT2D eigenvalue weighted by molar-refractivity contribution is 0.580. The van der Waals surface area contributed by atoms with Gasteiger partial charge in [0.05, 0.1) is 16.6 Å². The van der Waals surface area contributed by atoms with Gasteiger partial charge in [0.25, 0.3) is 5.56 Å². The average Bonchev–Trinajstić information content (AvgIpc) is 2.52. The number of fused-ring (bicyclic) bond motifs is 1. The van der Waals surface area contributed by atoms with Crippen LogP contribution in [0.2, 0.25) is 0 Å². The van der Waals surface area contributed by atoms with E-state index in [2.05, 4.69) is 4.98 Å². The van der Waals surface area contributed by atoms with Crippen molar-refractivity contribution >= 4 is 10.9 Å². The Morgan fingerprint density at radius 1 is 1.00 bits per heavy atom. The maximum absolute atomic E-state index is 13.6. The van der Waals surface area contributed by atoms with E-state index in [-0.39, 0.29) is 11.1 Å². The van der Waals surface area contributed by atoms with E-state index in [4.69, 9.17) is 5.73 Å². The molecule has 3 rings (SSSR count). The first-order valence-corrected chi connectivity index (χ1v) is 7.37. The summed E-state index contributed by atoms with van der Waals surface area (Å²) >= 11 is 0. The van der Waals surface area contributed by atoms with Crippen LogP contribution < -0.4 is 11.3 Å². The summed E-state index contributed by atoms with van der Waals surface area (Å²) in [6.07, 6.45) is 0.883. The molecule has 0 bridgehead atoms. The van der Waals surface area contributed by atoms with Gasteiger partial charge < -0.3 is 5.73 Å².